The number of ether oxygens (including phenoxy) is 1. The minimum Gasteiger partial charge on any atom is -0.496 e. The van der Waals surface area contributed by atoms with Crippen LogP contribution in [-0.2, 0) is 11.8 Å². The first-order valence-corrected chi connectivity index (χ1v) is 11.1. The highest BCUT2D eigenvalue weighted by molar-refractivity contribution is 9.10. The van der Waals surface area contributed by atoms with E-state index in [1.54, 1.807) is 30.1 Å². The van der Waals surface area contributed by atoms with E-state index in [-0.39, 0.29) is 18.3 Å². The molecule has 1 saturated heterocycles. The summed E-state index contributed by atoms with van der Waals surface area (Å²) in [6.45, 7) is 3.02. The maximum absolute atomic E-state index is 14.0. The molecule has 0 atom stereocenters. The number of rotatable bonds is 6. The van der Waals surface area contributed by atoms with Crippen molar-refractivity contribution in [3.63, 3.8) is 0 Å². The van der Waals surface area contributed by atoms with Crippen LogP contribution in [0, 0.1) is 5.82 Å². The van der Waals surface area contributed by atoms with Crippen molar-refractivity contribution in [3.8, 4) is 17.0 Å². The van der Waals surface area contributed by atoms with E-state index in [2.05, 4.69) is 31.2 Å². The van der Waals surface area contributed by atoms with Crippen LogP contribution in [-0.4, -0.2) is 60.4 Å². The van der Waals surface area contributed by atoms with E-state index >= 15 is 0 Å². The van der Waals surface area contributed by atoms with Gasteiger partial charge in [0, 0.05) is 44.5 Å². The average molecular weight is 502 g/mol. The number of benzene rings is 2. The molecule has 0 bridgehead atoms. The van der Waals surface area contributed by atoms with Crippen LogP contribution < -0.4 is 15.0 Å². The van der Waals surface area contributed by atoms with E-state index < -0.39 is 0 Å². The lowest BCUT2D eigenvalue weighted by Gasteiger charge is -2.35. The van der Waals surface area contributed by atoms with E-state index in [1.165, 1.54) is 6.07 Å². The number of para-hydroxylation sites is 1. The first-order chi connectivity index (χ1) is 15.5. The topological polar surface area (TPSA) is 62.6 Å². The van der Waals surface area contributed by atoms with E-state index in [4.69, 9.17) is 4.74 Å². The highest BCUT2D eigenvalue weighted by Gasteiger charge is 2.21. The maximum atomic E-state index is 14.0. The summed E-state index contributed by atoms with van der Waals surface area (Å²) in [7, 11) is 3.47. The lowest BCUT2D eigenvalue weighted by atomic mass is 10.1. The number of carbonyl (C=O) groups is 1. The highest BCUT2D eigenvalue weighted by Crippen LogP contribution is 2.36. The Morgan fingerprint density at radius 2 is 1.94 bits per heavy atom. The number of hydrogen-bond acceptors (Lipinski definition) is 5. The van der Waals surface area contributed by atoms with Crippen LogP contribution in [0.2, 0.25) is 0 Å². The Bertz CT molecular complexity index is 1090. The predicted octanol–water partition coefficient (Wildman–Crippen LogP) is 3.76. The Hall–Kier alpha value is -2.91. The second kappa shape index (κ2) is 9.70. The quantitative estimate of drug-likeness (QED) is 0.557. The monoisotopic (exact) mass is 501 g/mol. The van der Waals surface area contributed by atoms with E-state index in [0.717, 1.165) is 15.7 Å². The van der Waals surface area contributed by atoms with Crippen LogP contribution in [0.1, 0.15) is 0 Å². The van der Waals surface area contributed by atoms with E-state index in [1.807, 2.05) is 36.2 Å². The molecule has 3 aromatic rings. The fourth-order valence-corrected chi connectivity index (χ4v) is 4.50. The van der Waals surface area contributed by atoms with Gasteiger partial charge >= 0.3 is 0 Å². The third-order valence-corrected chi connectivity index (χ3v) is 6.15. The Labute approximate surface area is 194 Å². The van der Waals surface area contributed by atoms with Crippen LogP contribution in [0.25, 0.3) is 11.3 Å². The van der Waals surface area contributed by atoms with Crippen molar-refractivity contribution in [2.75, 3.05) is 50.1 Å². The molecule has 0 saturated carbocycles. The van der Waals surface area contributed by atoms with Gasteiger partial charge in [0.05, 0.1) is 35.7 Å². The van der Waals surface area contributed by atoms with Gasteiger partial charge in [-0.1, -0.05) is 12.1 Å². The average Bonchev–Trinajstić information content (AvgIpc) is 3.12. The van der Waals surface area contributed by atoms with Gasteiger partial charge in [0.1, 0.15) is 11.6 Å². The summed E-state index contributed by atoms with van der Waals surface area (Å²) in [6.07, 6.45) is 1.72. The number of nitrogens with one attached hydrogen (secondary N) is 1. The molecule has 2 aromatic carbocycles. The van der Waals surface area contributed by atoms with Crippen LogP contribution in [0.5, 0.6) is 5.75 Å². The fraction of sp³-hybridized carbons (Fsp3) is 0.304. The molecule has 168 valence electrons. The lowest BCUT2D eigenvalue weighted by molar-refractivity contribution is -0.117. The van der Waals surface area contributed by atoms with Crippen molar-refractivity contribution in [1.82, 2.24) is 14.7 Å². The van der Waals surface area contributed by atoms with E-state index in [0.29, 0.717) is 43.3 Å². The largest absolute Gasteiger partial charge is 0.496 e. The van der Waals surface area contributed by atoms with Crippen molar-refractivity contribution in [3.05, 3.63) is 59.0 Å². The van der Waals surface area contributed by atoms with Gasteiger partial charge in [0.25, 0.3) is 0 Å². The molecule has 1 aliphatic rings. The van der Waals surface area contributed by atoms with Crippen LogP contribution in [0.4, 0.5) is 15.8 Å². The van der Waals surface area contributed by atoms with Crippen molar-refractivity contribution in [2.24, 2.45) is 7.05 Å². The molecule has 0 spiro atoms. The Kier molecular flexibility index (Phi) is 6.76. The van der Waals surface area contributed by atoms with Crippen LogP contribution in [0.15, 0.2) is 53.1 Å². The first kappa shape index (κ1) is 22.3. The minimum absolute atomic E-state index is 0.0930. The summed E-state index contributed by atoms with van der Waals surface area (Å²) >= 11 is 3.52. The Morgan fingerprint density at radius 3 is 2.59 bits per heavy atom. The summed E-state index contributed by atoms with van der Waals surface area (Å²) in [5, 5.41) is 7.24. The van der Waals surface area contributed by atoms with Gasteiger partial charge in [-0.05, 0) is 46.3 Å². The Balaban J connectivity index is 1.39. The smallest absolute Gasteiger partial charge is 0.238 e. The van der Waals surface area contributed by atoms with Crippen LogP contribution >= 0.6 is 15.9 Å². The van der Waals surface area contributed by atoms with Crippen LogP contribution in [0.3, 0.4) is 0 Å². The number of aryl methyl sites for hydroxylation is 1. The number of piperazine rings is 1. The normalized spacial score (nSPS) is 14.4. The van der Waals surface area contributed by atoms with Gasteiger partial charge in [0.2, 0.25) is 5.91 Å². The number of anilines is 2. The van der Waals surface area contributed by atoms with Crippen molar-refractivity contribution < 1.29 is 13.9 Å². The summed E-state index contributed by atoms with van der Waals surface area (Å²) in [6, 6.07) is 12.3. The minimum atomic E-state index is -0.214. The molecule has 2 heterocycles. The number of hydrogen-bond donors (Lipinski definition) is 1. The predicted molar refractivity (Wildman–Crippen MR) is 127 cm³/mol. The van der Waals surface area contributed by atoms with Crippen molar-refractivity contribution >= 4 is 33.2 Å². The number of halogens is 2. The molecular formula is C23H25BrFN5O2. The summed E-state index contributed by atoms with van der Waals surface area (Å²) in [5.74, 6) is 0.384. The standard InChI is InChI=1S/C23H25BrFN5O2/c1-28-23(18(24)14-26-28)17-13-16(7-8-21(17)32-2)27-22(31)15-29-9-11-30(12-10-29)20-6-4-3-5-19(20)25/h3-8,13-14H,9-12,15H2,1-2H3,(H,27,31). The molecule has 1 N–H and O–H groups in total. The molecule has 4 rings (SSSR count). The molecule has 1 aliphatic heterocycles. The fourth-order valence-electron chi connectivity index (χ4n) is 3.94. The molecule has 1 fully saturated rings. The third-order valence-electron chi connectivity index (χ3n) is 5.57. The molecular weight excluding hydrogens is 477 g/mol. The molecule has 9 heteroatoms. The van der Waals surface area contributed by atoms with Gasteiger partial charge in [-0.25, -0.2) is 4.39 Å². The highest BCUT2D eigenvalue weighted by atomic mass is 79.9. The zero-order chi connectivity index (χ0) is 22.7. The van der Waals surface area contributed by atoms with Gasteiger partial charge in [0.15, 0.2) is 0 Å². The zero-order valence-corrected chi connectivity index (χ0v) is 19.6. The maximum Gasteiger partial charge on any atom is 0.238 e. The van der Waals surface area contributed by atoms with Gasteiger partial charge in [-0.2, -0.15) is 5.10 Å². The summed E-state index contributed by atoms with van der Waals surface area (Å²) in [4.78, 5) is 16.8. The number of aromatic nitrogens is 2. The van der Waals surface area contributed by atoms with Gasteiger partial charge < -0.3 is 15.0 Å². The number of nitrogens with zero attached hydrogens (tertiary/aromatic N) is 4. The first-order valence-electron chi connectivity index (χ1n) is 10.3. The van der Waals surface area contributed by atoms with Crippen molar-refractivity contribution in [2.45, 2.75) is 0 Å². The molecule has 7 nitrogen and oxygen atoms in total. The molecule has 1 aromatic heterocycles. The second-order valence-electron chi connectivity index (χ2n) is 7.64. The molecule has 0 unspecified atom stereocenters. The second-order valence-corrected chi connectivity index (χ2v) is 8.50. The summed E-state index contributed by atoms with van der Waals surface area (Å²) in [5.41, 5.74) is 2.99. The molecule has 0 radical (unpaired) electrons. The number of methoxy groups -OCH3 is 1. The molecule has 0 aliphatic carbocycles. The Morgan fingerprint density at radius 1 is 1.19 bits per heavy atom. The lowest BCUT2D eigenvalue weighted by Crippen LogP contribution is -2.48. The number of carbonyl (C=O) groups excluding carboxylic acids is 1. The third kappa shape index (κ3) is 4.78. The van der Waals surface area contributed by atoms with Gasteiger partial charge in [-0.15, -0.1) is 0 Å². The van der Waals surface area contributed by atoms with E-state index in [9.17, 15) is 9.18 Å². The zero-order valence-electron chi connectivity index (χ0n) is 18.0. The number of amides is 1. The van der Waals surface area contributed by atoms with Gasteiger partial charge in [-0.3, -0.25) is 14.4 Å². The molecule has 32 heavy (non-hydrogen) atoms. The van der Waals surface area contributed by atoms with Crippen molar-refractivity contribution in [1.29, 1.82) is 0 Å². The SMILES string of the molecule is COc1ccc(NC(=O)CN2CCN(c3ccccc3F)CC2)cc1-c1c(Br)cnn1C. The molecule has 1 amide bonds. The summed E-state index contributed by atoms with van der Waals surface area (Å²) < 4.78 is 22.1.